The number of fused-ring (bicyclic) bond motifs is 1. The lowest BCUT2D eigenvalue weighted by molar-refractivity contribution is 1.01. The van der Waals surface area contributed by atoms with E-state index in [1.54, 1.807) is 0 Å². The van der Waals surface area contributed by atoms with Gasteiger partial charge in [-0.15, -0.1) is 0 Å². The normalized spacial score (nSPS) is 10.9. The summed E-state index contributed by atoms with van der Waals surface area (Å²) < 4.78 is 0. The Hall–Kier alpha value is -2.09. The Morgan fingerprint density at radius 3 is 2.61 bits per heavy atom. The number of nitrogens with zero attached hydrogens (tertiary/aromatic N) is 1. The van der Waals surface area contributed by atoms with Gasteiger partial charge in [0.05, 0.1) is 11.2 Å². The Labute approximate surface area is 107 Å². The summed E-state index contributed by atoms with van der Waals surface area (Å²) in [6.45, 7) is 3.93. The highest BCUT2D eigenvalue weighted by atomic mass is 15.1. The van der Waals surface area contributed by atoms with Crippen molar-refractivity contribution in [3.63, 3.8) is 0 Å². The highest BCUT2D eigenvalue weighted by Gasteiger charge is 2.06. The summed E-state index contributed by atoms with van der Waals surface area (Å²) in [6, 6.07) is 16.8. The van der Waals surface area contributed by atoms with Gasteiger partial charge in [-0.2, -0.15) is 5.10 Å². The number of nitrogens with one attached hydrogen (secondary N) is 1. The molecule has 18 heavy (non-hydrogen) atoms. The van der Waals surface area contributed by atoms with E-state index in [1.165, 1.54) is 16.5 Å². The molecule has 0 aliphatic carbocycles. The summed E-state index contributed by atoms with van der Waals surface area (Å²) in [5.74, 6) is 0. The van der Waals surface area contributed by atoms with Crippen molar-refractivity contribution in [2.24, 2.45) is 0 Å². The van der Waals surface area contributed by atoms with Crippen molar-refractivity contribution < 1.29 is 0 Å². The van der Waals surface area contributed by atoms with E-state index in [1.807, 2.05) is 6.07 Å². The molecule has 2 aromatic carbocycles. The van der Waals surface area contributed by atoms with E-state index in [4.69, 9.17) is 0 Å². The average molecular weight is 235 g/mol. The van der Waals surface area contributed by atoms with Crippen LogP contribution in [0.4, 0.5) is 0 Å². The Bertz CT molecular complexity index is 653. The molecule has 0 fully saturated rings. The van der Waals surface area contributed by atoms with Gasteiger partial charge in [-0.1, -0.05) is 36.4 Å². The molecule has 89 valence electrons. The first-order chi connectivity index (χ1) is 8.86. The van der Waals surface area contributed by atoms with E-state index in [0.29, 0.717) is 0 Å². The molecule has 0 saturated carbocycles. The molecule has 1 aromatic heterocycles. The minimum absolute atomic E-state index is 0.811. The van der Waals surface area contributed by atoms with Crippen LogP contribution in [-0.2, 0) is 12.8 Å². The third-order valence-electron chi connectivity index (χ3n) is 3.21. The fourth-order valence-electron chi connectivity index (χ4n) is 2.20. The van der Waals surface area contributed by atoms with Gasteiger partial charge in [-0.05, 0) is 36.6 Å². The number of aromatic nitrogens is 2. The fraction of sp³-hybridized carbons (Fsp3) is 0.125. The maximum Gasteiger partial charge on any atom is 0.0744 e. The van der Waals surface area contributed by atoms with E-state index in [-0.39, 0.29) is 0 Å². The van der Waals surface area contributed by atoms with Gasteiger partial charge in [0.2, 0.25) is 0 Å². The lowest BCUT2D eigenvalue weighted by atomic mass is 10.0. The van der Waals surface area contributed by atoms with Gasteiger partial charge in [0.1, 0.15) is 0 Å². The van der Waals surface area contributed by atoms with Crippen LogP contribution in [0, 0.1) is 6.92 Å². The van der Waals surface area contributed by atoms with E-state index < -0.39 is 0 Å². The lowest BCUT2D eigenvalue weighted by Gasteiger charge is -2.00. The first-order valence-corrected chi connectivity index (χ1v) is 6.16. The predicted octanol–water partition coefficient (Wildman–Crippen LogP) is 3.53. The molecule has 2 heteroatoms. The van der Waals surface area contributed by atoms with Gasteiger partial charge in [0.15, 0.2) is 0 Å². The highest BCUT2D eigenvalue weighted by molar-refractivity contribution is 5.82. The van der Waals surface area contributed by atoms with Gasteiger partial charge in [-0.3, -0.25) is 5.10 Å². The van der Waals surface area contributed by atoms with Crippen LogP contribution in [0.2, 0.25) is 0 Å². The summed E-state index contributed by atoms with van der Waals surface area (Å²) >= 11 is 0. The zero-order valence-corrected chi connectivity index (χ0v) is 10.2. The van der Waals surface area contributed by atoms with Crippen molar-refractivity contribution in [1.29, 1.82) is 0 Å². The minimum Gasteiger partial charge on any atom is -0.278 e. The van der Waals surface area contributed by atoms with Crippen molar-refractivity contribution in [3.8, 4) is 0 Å². The van der Waals surface area contributed by atoms with E-state index in [2.05, 4.69) is 59.6 Å². The quantitative estimate of drug-likeness (QED) is 0.739. The number of rotatable bonds is 3. The van der Waals surface area contributed by atoms with E-state index >= 15 is 0 Å². The van der Waals surface area contributed by atoms with Crippen molar-refractivity contribution in [3.05, 3.63) is 72.3 Å². The maximum absolute atomic E-state index is 4.42. The van der Waals surface area contributed by atoms with Crippen molar-refractivity contribution in [1.82, 2.24) is 10.2 Å². The van der Waals surface area contributed by atoms with Crippen molar-refractivity contribution in [2.45, 2.75) is 12.8 Å². The molecule has 1 radical (unpaired) electrons. The summed E-state index contributed by atoms with van der Waals surface area (Å²) in [6.07, 6.45) is 1.67. The zero-order valence-electron chi connectivity index (χ0n) is 10.2. The third kappa shape index (κ3) is 2.02. The maximum atomic E-state index is 4.42. The van der Waals surface area contributed by atoms with Crippen LogP contribution in [0.1, 0.15) is 16.8 Å². The molecule has 0 atom stereocenters. The predicted molar refractivity (Wildman–Crippen MR) is 74.4 cm³/mol. The fourth-order valence-corrected chi connectivity index (χ4v) is 2.20. The molecule has 3 rings (SSSR count). The molecule has 2 nitrogen and oxygen atoms in total. The molecule has 0 spiro atoms. The summed E-state index contributed by atoms with van der Waals surface area (Å²) in [5, 5.41) is 8.72. The molecule has 0 aliphatic rings. The van der Waals surface area contributed by atoms with Gasteiger partial charge in [-0.25, -0.2) is 0 Å². The lowest BCUT2D eigenvalue weighted by Crippen LogP contribution is -1.89. The van der Waals surface area contributed by atoms with Crippen LogP contribution in [0.5, 0.6) is 0 Å². The number of H-pyrrole nitrogens is 1. The summed E-state index contributed by atoms with van der Waals surface area (Å²) in [7, 11) is 0. The third-order valence-corrected chi connectivity index (χ3v) is 3.21. The first-order valence-electron chi connectivity index (χ1n) is 6.16. The van der Waals surface area contributed by atoms with Crippen LogP contribution in [-0.4, -0.2) is 10.2 Å². The van der Waals surface area contributed by atoms with Crippen molar-refractivity contribution >= 4 is 10.9 Å². The van der Waals surface area contributed by atoms with Crippen LogP contribution >= 0.6 is 0 Å². The molecule has 1 heterocycles. The monoisotopic (exact) mass is 235 g/mol. The SMILES string of the molecule is [CH2]Cc1ccc2[nH]nc(Cc3ccccc3)c2c1. The highest BCUT2D eigenvalue weighted by Crippen LogP contribution is 2.20. The Kier molecular flexibility index (Phi) is 2.85. The summed E-state index contributed by atoms with van der Waals surface area (Å²) in [5.41, 5.74) is 4.73. The zero-order chi connectivity index (χ0) is 12.4. The van der Waals surface area contributed by atoms with Crippen LogP contribution in [0.25, 0.3) is 10.9 Å². The summed E-state index contributed by atoms with van der Waals surface area (Å²) in [4.78, 5) is 0. The second kappa shape index (κ2) is 4.65. The molecule has 3 aromatic rings. The Balaban J connectivity index is 2.01. The molecule has 1 N–H and O–H groups in total. The van der Waals surface area contributed by atoms with Crippen LogP contribution in [0.15, 0.2) is 48.5 Å². The molecule has 0 amide bonds. The molecule has 0 bridgehead atoms. The number of hydrogen-bond acceptors (Lipinski definition) is 1. The second-order valence-corrected chi connectivity index (χ2v) is 4.46. The number of hydrogen-bond donors (Lipinski definition) is 1. The molecular weight excluding hydrogens is 220 g/mol. The molecule has 0 unspecified atom stereocenters. The Morgan fingerprint density at radius 2 is 1.83 bits per heavy atom. The Morgan fingerprint density at radius 1 is 1.00 bits per heavy atom. The van der Waals surface area contributed by atoms with Gasteiger partial charge >= 0.3 is 0 Å². The van der Waals surface area contributed by atoms with Gasteiger partial charge < -0.3 is 0 Å². The minimum atomic E-state index is 0.811. The van der Waals surface area contributed by atoms with Crippen LogP contribution < -0.4 is 0 Å². The van der Waals surface area contributed by atoms with E-state index in [0.717, 1.165) is 24.1 Å². The van der Waals surface area contributed by atoms with Crippen LogP contribution in [0.3, 0.4) is 0 Å². The van der Waals surface area contributed by atoms with Gasteiger partial charge in [0, 0.05) is 11.8 Å². The first kappa shape index (κ1) is 11.0. The van der Waals surface area contributed by atoms with Crippen molar-refractivity contribution in [2.75, 3.05) is 0 Å². The largest absolute Gasteiger partial charge is 0.278 e. The van der Waals surface area contributed by atoms with Gasteiger partial charge in [0.25, 0.3) is 0 Å². The topological polar surface area (TPSA) is 28.7 Å². The second-order valence-electron chi connectivity index (χ2n) is 4.46. The molecular formula is C16H15N2. The standard InChI is InChI=1S/C16H15N2/c1-2-12-8-9-15-14(10-12)16(18-17-15)11-13-6-4-3-5-7-13/h3-10H,1-2,11H2,(H,17,18). The number of benzene rings is 2. The molecule has 0 saturated heterocycles. The molecule has 0 aliphatic heterocycles. The number of aromatic amines is 1. The average Bonchev–Trinajstić information content (AvgIpc) is 2.82. The smallest absolute Gasteiger partial charge is 0.0744 e. The van der Waals surface area contributed by atoms with E-state index in [9.17, 15) is 0 Å².